The van der Waals surface area contributed by atoms with E-state index in [0.717, 1.165) is 15.7 Å². The second-order valence-corrected chi connectivity index (χ2v) is 7.11. The van der Waals surface area contributed by atoms with Crippen LogP contribution in [0, 0.1) is 12.3 Å². The smallest absolute Gasteiger partial charge is 0.245 e. The van der Waals surface area contributed by atoms with Crippen LogP contribution in [0.4, 0.5) is 5.69 Å². The first-order valence-corrected chi connectivity index (χ1v) is 7.99. The summed E-state index contributed by atoms with van der Waals surface area (Å²) in [4.78, 5) is 12.6. The molecule has 1 amide bonds. The fraction of sp³-hybridized carbons (Fsp3) is 0.562. The molecule has 1 aromatic carbocycles. The summed E-state index contributed by atoms with van der Waals surface area (Å²) < 4.78 is 6.67. The van der Waals surface area contributed by atoms with Crippen LogP contribution in [-0.4, -0.2) is 24.2 Å². The SMILES string of the molecule is CCOC1CC(N)(C(=O)Nc2ccc(Br)c(C)c2)C1(C)C.Cl. The Morgan fingerprint density at radius 3 is 2.64 bits per heavy atom. The lowest BCUT2D eigenvalue weighted by atomic mass is 9.54. The van der Waals surface area contributed by atoms with Gasteiger partial charge in [0.2, 0.25) is 5.91 Å². The Labute approximate surface area is 146 Å². The highest BCUT2D eigenvalue weighted by Crippen LogP contribution is 2.50. The molecule has 124 valence electrons. The predicted octanol–water partition coefficient (Wildman–Crippen LogP) is 3.65. The number of benzene rings is 1. The quantitative estimate of drug-likeness (QED) is 0.823. The molecule has 0 aliphatic heterocycles. The van der Waals surface area contributed by atoms with Crippen LogP contribution in [0.25, 0.3) is 0 Å². The summed E-state index contributed by atoms with van der Waals surface area (Å²) in [6.07, 6.45) is 0.583. The minimum Gasteiger partial charge on any atom is -0.378 e. The molecule has 1 aliphatic carbocycles. The van der Waals surface area contributed by atoms with Gasteiger partial charge in [-0.05, 0) is 37.6 Å². The van der Waals surface area contributed by atoms with Crippen LogP contribution in [0.2, 0.25) is 0 Å². The maximum Gasteiger partial charge on any atom is 0.245 e. The fourth-order valence-corrected chi connectivity index (χ4v) is 3.03. The third-order valence-corrected chi connectivity index (χ3v) is 5.54. The summed E-state index contributed by atoms with van der Waals surface area (Å²) in [6, 6.07) is 5.71. The maximum atomic E-state index is 12.6. The van der Waals surface area contributed by atoms with Gasteiger partial charge in [0, 0.05) is 28.6 Å². The number of nitrogens with two attached hydrogens (primary N) is 1. The van der Waals surface area contributed by atoms with E-state index in [1.807, 2.05) is 45.9 Å². The second-order valence-electron chi connectivity index (χ2n) is 6.26. The first kappa shape index (κ1) is 19.4. The maximum absolute atomic E-state index is 12.6. The molecule has 3 N–H and O–H groups in total. The third-order valence-electron chi connectivity index (χ3n) is 4.65. The molecular formula is C16H24BrClN2O2. The number of halogens is 2. The molecule has 0 spiro atoms. The Morgan fingerprint density at radius 2 is 2.14 bits per heavy atom. The van der Waals surface area contributed by atoms with Gasteiger partial charge >= 0.3 is 0 Å². The summed E-state index contributed by atoms with van der Waals surface area (Å²) in [5.74, 6) is -0.148. The van der Waals surface area contributed by atoms with Gasteiger partial charge in [-0.15, -0.1) is 12.4 Å². The van der Waals surface area contributed by atoms with Crippen molar-refractivity contribution in [2.75, 3.05) is 11.9 Å². The average molecular weight is 392 g/mol. The number of aryl methyl sites for hydroxylation is 1. The van der Waals surface area contributed by atoms with Gasteiger partial charge in [0.05, 0.1) is 6.10 Å². The van der Waals surface area contributed by atoms with Crippen molar-refractivity contribution < 1.29 is 9.53 Å². The Hall–Kier alpha value is -0.620. The number of carbonyl (C=O) groups is 1. The molecule has 1 aromatic rings. The molecule has 2 unspecified atom stereocenters. The standard InChI is InChI=1S/C16H23BrN2O2.ClH/c1-5-21-13-9-16(18,15(13,3)4)14(20)19-11-6-7-12(17)10(2)8-11;/h6-8,13H,5,9,18H2,1-4H3,(H,19,20);1H. The molecule has 1 aliphatic rings. The van der Waals surface area contributed by atoms with Crippen molar-refractivity contribution in [3.05, 3.63) is 28.2 Å². The van der Waals surface area contributed by atoms with Crippen molar-refractivity contribution in [1.29, 1.82) is 0 Å². The van der Waals surface area contributed by atoms with Crippen LogP contribution in [0.15, 0.2) is 22.7 Å². The molecule has 2 rings (SSSR count). The van der Waals surface area contributed by atoms with Crippen LogP contribution in [-0.2, 0) is 9.53 Å². The molecule has 4 nitrogen and oxygen atoms in total. The summed E-state index contributed by atoms with van der Waals surface area (Å²) in [5.41, 5.74) is 6.92. The van der Waals surface area contributed by atoms with Crippen LogP contribution < -0.4 is 11.1 Å². The highest BCUT2D eigenvalue weighted by Gasteiger charge is 2.62. The Kier molecular flexibility index (Phi) is 6.07. The van der Waals surface area contributed by atoms with Crippen molar-refractivity contribution in [3.8, 4) is 0 Å². The summed E-state index contributed by atoms with van der Waals surface area (Å²) in [7, 11) is 0. The van der Waals surface area contributed by atoms with Gasteiger partial charge < -0.3 is 15.8 Å². The van der Waals surface area contributed by atoms with E-state index < -0.39 is 5.54 Å². The van der Waals surface area contributed by atoms with Gasteiger partial charge in [0.15, 0.2) is 0 Å². The predicted molar refractivity (Wildman–Crippen MR) is 95.5 cm³/mol. The number of anilines is 1. The van der Waals surface area contributed by atoms with Crippen LogP contribution in [0.1, 0.15) is 32.8 Å². The first-order valence-electron chi connectivity index (χ1n) is 7.20. The minimum absolute atomic E-state index is 0. The van der Waals surface area contributed by atoms with E-state index in [4.69, 9.17) is 10.5 Å². The number of hydrogen-bond donors (Lipinski definition) is 2. The molecule has 0 bridgehead atoms. The van der Waals surface area contributed by atoms with E-state index in [0.29, 0.717) is 13.0 Å². The zero-order chi connectivity index (χ0) is 15.8. The zero-order valence-corrected chi connectivity index (χ0v) is 15.8. The van der Waals surface area contributed by atoms with E-state index in [1.54, 1.807) is 0 Å². The molecule has 0 heterocycles. The summed E-state index contributed by atoms with van der Waals surface area (Å²) >= 11 is 3.45. The number of nitrogens with one attached hydrogen (secondary N) is 1. The van der Waals surface area contributed by atoms with Crippen LogP contribution in [0.3, 0.4) is 0 Å². The van der Waals surface area contributed by atoms with E-state index in [2.05, 4.69) is 21.2 Å². The number of carbonyl (C=O) groups excluding carboxylic acids is 1. The lowest BCUT2D eigenvalue weighted by Crippen LogP contribution is -2.74. The lowest BCUT2D eigenvalue weighted by molar-refractivity contribution is -0.166. The highest BCUT2D eigenvalue weighted by atomic mass is 79.9. The number of hydrogen-bond acceptors (Lipinski definition) is 3. The molecule has 0 radical (unpaired) electrons. The van der Waals surface area contributed by atoms with Gasteiger partial charge in [0.1, 0.15) is 5.54 Å². The van der Waals surface area contributed by atoms with Crippen LogP contribution in [0.5, 0.6) is 0 Å². The highest BCUT2D eigenvalue weighted by molar-refractivity contribution is 9.10. The first-order chi connectivity index (χ1) is 9.72. The summed E-state index contributed by atoms with van der Waals surface area (Å²) in [6.45, 7) is 8.55. The second kappa shape index (κ2) is 6.87. The topological polar surface area (TPSA) is 64.3 Å². The number of rotatable bonds is 4. The van der Waals surface area contributed by atoms with Crippen molar-refractivity contribution in [3.63, 3.8) is 0 Å². The van der Waals surface area contributed by atoms with Gasteiger partial charge in [-0.25, -0.2) is 0 Å². The van der Waals surface area contributed by atoms with Crippen LogP contribution >= 0.6 is 28.3 Å². The molecule has 1 fully saturated rings. The Morgan fingerprint density at radius 1 is 1.50 bits per heavy atom. The van der Waals surface area contributed by atoms with E-state index in [9.17, 15) is 4.79 Å². The van der Waals surface area contributed by atoms with Gasteiger partial charge in [0.25, 0.3) is 0 Å². The molecular weight excluding hydrogens is 368 g/mol. The van der Waals surface area contributed by atoms with Crippen molar-refractivity contribution in [2.24, 2.45) is 11.1 Å². The van der Waals surface area contributed by atoms with Crippen molar-refractivity contribution in [1.82, 2.24) is 0 Å². The summed E-state index contributed by atoms with van der Waals surface area (Å²) in [5, 5.41) is 2.93. The number of amides is 1. The molecule has 0 aromatic heterocycles. The van der Waals surface area contributed by atoms with Crippen molar-refractivity contribution >= 4 is 39.9 Å². The van der Waals surface area contributed by atoms with Crippen molar-refractivity contribution in [2.45, 2.75) is 45.8 Å². The molecule has 6 heteroatoms. The van der Waals surface area contributed by atoms with Gasteiger partial charge in [-0.3, -0.25) is 4.79 Å². The largest absolute Gasteiger partial charge is 0.378 e. The third kappa shape index (κ3) is 3.18. The Balaban J connectivity index is 0.00000242. The fourth-order valence-electron chi connectivity index (χ4n) is 2.79. The molecule has 2 atom stereocenters. The Bertz CT molecular complexity index is 565. The monoisotopic (exact) mass is 390 g/mol. The zero-order valence-electron chi connectivity index (χ0n) is 13.4. The van der Waals surface area contributed by atoms with E-state index >= 15 is 0 Å². The normalized spacial score (nSPS) is 25.8. The van der Waals surface area contributed by atoms with E-state index in [-0.39, 0.29) is 29.8 Å². The molecule has 0 saturated heterocycles. The molecule has 22 heavy (non-hydrogen) atoms. The van der Waals surface area contributed by atoms with Gasteiger partial charge in [-0.1, -0.05) is 29.8 Å². The number of ether oxygens (including phenoxy) is 1. The van der Waals surface area contributed by atoms with Gasteiger partial charge in [-0.2, -0.15) is 0 Å². The van der Waals surface area contributed by atoms with E-state index in [1.165, 1.54) is 0 Å². The molecule has 1 saturated carbocycles. The lowest BCUT2D eigenvalue weighted by Gasteiger charge is -2.57. The minimum atomic E-state index is -0.895. The average Bonchev–Trinajstić information content (AvgIpc) is 2.42.